The van der Waals surface area contributed by atoms with E-state index in [2.05, 4.69) is 15.9 Å². The summed E-state index contributed by atoms with van der Waals surface area (Å²) in [6.07, 6.45) is 0. The number of hydrogen-bond donors (Lipinski definition) is 0. The Hall–Kier alpha value is -2.06. The molecule has 0 aliphatic carbocycles. The lowest BCUT2D eigenvalue weighted by Crippen LogP contribution is -2.32. The van der Waals surface area contributed by atoms with E-state index in [0.717, 1.165) is 10.0 Å². The van der Waals surface area contributed by atoms with Gasteiger partial charge in [-0.15, -0.1) is 0 Å². The largest absolute Gasteiger partial charge is 0.454 e. The van der Waals surface area contributed by atoms with Crippen molar-refractivity contribution in [1.29, 1.82) is 0 Å². The number of amides is 1. The van der Waals surface area contributed by atoms with Gasteiger partial charge in [-0.1, -0.05) is 34.1 Å². The first-order valence-electron chi connectivity index (χ1n) is 7.90. The number of benzene rings is 2. The maximum Gasteiger partial charge on any atom is 0.237 e. The molecule has 0 N–H and O–H groups in total. The van der Waals surface area contributed by atoms with Gasteiger partial charge in [0, 0.05) is 18.1 Å². The van der Waals surface area contributed by atoms with Gasteiger partial charge in [0.15, 0.2) is 21.3 Å². The van der Waals surface area contributed by atoms with E-state index in [4.69, 9.17) is 9.47 Å². The van der Waals surface area contributed by atoms with E-state index < -0.39 is 21.5 Å². The fourth-order valence-corrected chi connectivity index (χ4v) is 4.46. The highest BCUT2D eigenvalue weighted by atomic mass is 79.9. The predicted octanol–water partition coefficient (Wildman–Crippen LogP) is 2.75. The molecule has 0 spiro atoms. The van der Waals surface area contributed by atoms with Crippen LogP contribution in [-0.2, 0) is 26.9 Å². The lowest BCUT2D eigenvalue weighted by molar-refractivity contribution is -0.127. The van der Waals surface area contributed by atoms with Gasteiger partial charge in [0.25, 0.3) is 0 Å². The molecular formula is C18H18BrNO5S. The molecule has 0 bridgehead atoms. The smallest absolute Gasteiger partial charge is 0.237 e. The van der Waals surface area contributed by atoms with Crippen LogP contribution in [0.2, 0.25) is 0 Å². The molecular weight excluding hydrogens is 422 g/mol. The van der Waals surface area contributed by atoms with E-state index in [1.54, 1.807) is 37.4 Å². The van der Waals surface area contributed by atoms with Gasteiger partial charge in [0.05, 0.1) is 5.75 Å². The Kier molecular flexibility index (Phi) is 5.52. The van der Waals surface area contributed by atoms with Gasteiger partial charge in [-0.05, 0) is 35.4 Å². The van der Waals surface area contributed by atoms with Crippen LogP contribution in [-0.4, -0.2) is 38.8 Å². The monoisotopic (exact) mass is 439 g/mol. The molecule has 0 aromatic heterocycles. The minimum Gasteiger partial charge on any atom is -0.454 e. The number of hydrogen-bond acceptors (Lipinski definition) is 5. The van der Waals surface area contributed by atoms with Crippen LogP contribution in [0.25, 0.3) is 0 Å². The number of ether oxygens (including phenoxy) is 2. The molecule has 8 heteroatoms. The maximum absolute atomic E-state index is 12.3. The molecule has 2 aromatic carbocycles. The average molecular weight is 440 g/mol. The van der Waals surface area contributed by atoms with E-state index in [1.807, 2.05) is 12.1 Å². The highest BCUT2D eigenvalue weighted by Gasteiger charge is 2.21. The zero-order chi connectivity index (χ0) is 18.7. The summed E-state index contributed by atoms with van der Waals surface area (Å²) in [5, 5.41) is 0. The number of carbonyl (C=O) groups excluding carboxylic acids is 1. The van der Waals surface area contributed by atoms with Gasteiger partial charge in [-0.25, -0.2) is 8.42 Å². The summed E-state index contributed by atoms with van der Waals surface area (Å²) in [6, 6.07) is 12.4. The Morgan fingerprint density at radius 2 is 1.88 bits per heavy atom. The summed E-state index contributed by atoms with van der Waals surface area (Å²) in [4.78, 5) is 13.7. The van der Waals surface area contributed by atoms with Crippen LogP contribution in [0.3, 0.4) is 0 Å². The Bertz CT molecular complexity index is 929. The number of halogens is 1. The summed E-state index contributed by atoms with van der Waals surface area (Å²) >= 11 is 3.31. The second-order valence-corrected chi connectivity index (χ2v) is 9.08. The van der Waals surface area contributed by atoms with Crippen molar-refractivity contribution in [2.45, 2.75) is 12.3 Å². The molecule has 6 nitrogen and oxygen atoms in total. The predicted molar refractivity (Wildman–Crippen MR) is 101 cm³/mol. The fourth-order valence-electron chi connectivity index (χ4n) is 2.63. The number of nitrogens with zero attached hydrogens (tertiary/aromatic N) is 1. The van der Waals surface area contributed by atoms with Crippen LogP contribution < -0.4 is 9.47 Å². The maximum atomic E-state index is 12.3. The van der Waals surface area contributed by atoms with Crippen LogP contribution in [0.15, 0.2) is 46.9 Å². The molecule has 0 atom stereocenters. The van der Waals surface area contributed by atoms with Gasteiger partial charge in [-0.3, -0.25) is 4.79 Å². The number of fused-ring (bicyclic) bond motifs is 1. The Morgan fingerprint density at radius 3 is 2.65 bits per heavy atom. The molecule has 1 aliphatic heterocycles. The van der Waals surface area contributed by atoms with Crippen molar-refractivity contribution in [3.8, 4) is 11.5 Å². The standard InChI is InChI=1S/C18H18BrNO5S/c1-20(9-13-5-6-16-17(8-13)25-12-24-16)18(21)11-26(22,23)10-14-3-2-4-15(19)7-14/h2-8H,9-12H2,1H3. The molecule has 138 valence electrons. The Balaban J connectivity index is 1.61. The molecule has 1 amide bonds. The van der Waals surface area contributed by atoms with E-state index in [1.165, 1.54) is 4.90 Å². The van der Waals surface area contributed by atoms with E-state index in [9.17, 15) is 13.2 Å². The second kappa shape index (κ2) is 7.67. The van der Waals surface area contributed by atoms with Crippen molar-refractivity contribution >= 4 is 31.7 Å². The molecule has 0 saturated carbocycles. The number of carbonyl (C=O) groups is 1. The molecule has 2 aromatic rings. The van der Waals surface area contributed by atoms with Gasteiger partial charge in [0.1, 0.15) is 5.75 Å². The van der Waals surface area contributed by atoms with E-state index in [-0.39, 0.29) is 12.5 Å². The Morgan fingerprint density at radius 1 is 1.12 bits per heavy atom. The molecule has 0 radical (unpaired) electrons. The summed E-state index contributed by atoms with van der Waals surface area (Å²) in [7, 11) is -1.97. The van der Waals surface area contributed by atoms with Gasteiger partial charge in [0.2, 0.25) is 12.7 Å². The first kappa shape index (κ1) is 18.7. The van der Waals surface area contributed by atoms with Crippen molar-refractivity contribution in [1.82, 2.24) is 4.90 Å². The van der Waals surface area contributed by atoms with E-state index in [0.29, 0.717) is 23.6 Å². The summed E-state index contributed by atoms with van der Waals surface area (Å²) in [5.41, 5.74) is 1.49. The van der Waals surface area contributed by atoms with Crippen molar-refractivity contribution in [3.05, 3.63) is 58.1 Å². The topological polar surface area (TPSA) is 72.9 Å². The molecule has 0 unspecified atom stereocenters. The number of rotatable bonds is 6. The molecule has 0 fully saturated rings. The number of sulfone groups is 1. The lowest BCUT2D eigenvalue weighted by Gasteiger charge is -2.17. The van der Waals surface area contributed by atoms with Gasteiger partial charge in [-0.2, -0.15) is 0 Å². The van der Waals surface area contributed by atoms with Crippen LogP contribution in [0.5, 0.6) is 11.5 Å². The lowest BCUT2D eigenvalue weighted by atomic mass is 10.2. The highest BCUT2D eigenvalue weighted by Crippen LogP contribution is 2.32. The van der Waals surface area contributed by atoms with E-state index >= 15 is 0 Å². The summed E-state index contributed by atoms with van der Waals surface area (Å²) in [6.45, 7) is 0.475. The quantitative estimate of drug-likeness (QED) is 0.691. The van der Waals surface area contributed by atoms with Crippen molar-refractivity contribution in [3.63, 3.8) is 0 Å². The first-order chi connectivity index (χ1) is 12.3. The average Bonchev–Trinajstić information content (AvgIpc) is 3.01. The first-order valence-corrected chi connectivity index (χ1v) is 10.5. The van der Waals surface area contributed by atoms with Crippen LogP contribution >= 0.6 is 15.9 Å². The molecule has 1 aliphatic rings. The van der Waals surface area contributed by atoms with Crippen LogP contribution in [0.4, 0.5) is 0 Å². The minimum absolute atomic E-state index is 0.171. The minimum atomic E-state index is -3.55. The second-order valence-electron chi connectivity index (χ2n) is 6.10. The normalized spacial score (nSPS) is 12.8. The fraction of sp³-hybridized carbons (Fsp3) is 0.278. The van der Waals surface area contributed by atoms with Gasteiger partial charge >= 0.3 is 0 Å². The summed E-state index contributed by atoms with van der Waals surface area (Å²) in [5.74, 6) is 0.152. The van der Waals surface area contributed by atoms with Crippen molar-refractivity contribution in [2.75, 3.05) is 19.6 Å². The molecule has 0 saturated heterocycles. The molecule has 3 rings (SSSR count). The molecule has 26 heavy (non-hydrogen) atoms. The zero-order valence-electron chi connectivity index (χ0n) is 14.1. The van der Waals surface area contributed by atoms with Crippen LogP contribution in [0.1, 0.15) is 11.1 Å². The Labute approximate surface area is 160 Å². The zero-order valence-corrected chi connectivity index (χ0v) is 16.5. The third kappa shape index (κ3) is 4.76. The SMILES string of the molecule is CN(Cc1ccc2c(c1)OCO2)C(=O)CS(=O)(=O)Cc1cccc(Br)c1. The summed E-state index contributed by atoms with van der Waals surface area (Å²) < 4.78 is 36.0. The van der Waals surface area contributed by atoms with Crippen LogP contribution in [0, 0.1) is 0 Å². The molecule has 1 heterocycles. The van der Waals surface area contributed by atoms with Gasteiger partial charge < -0.3 is 14.4 Å². The highest BCUT2D eigenvalue weighted by molar-refractivity contribution is 9.10. The van der Waals surface area contributed by atoms with Crippen molar-refractivity contribution in [2.24, 2.45) is 0 Å². The third-order valence-electron chi connectivity index (χ3n) is 3.90. The third-order valence-corrected chi connectivity index (χ3v) is 5.85. The van der Waals surface area contributed by atoms with Crippen molar-refractivity contribution < 1.29 is 22.7 Å².